The molecule has 3 heteroatoms. The summed E-state index contributed by atoms with van der Waals surface area (Å²) in [5.41, 5.74) is 0.746. The summed E-state index contributed by atoms with van der Waals surface area (Å²) in [5.74, 6) is -0.0335. The zero-order valence-electron chi connectivity index (χ0n) is 16.7. The lowest BCUT2D eigenvalue weighted by molar-refractivity contribution is -0.184. The van der Waals surface area contributed by atoms with Gasteiger partial charge in [0, 0.05) is 0 Å². The number of hydrogen-bond donors (Lipinski definition) is 0. The van der Waals surface area contributed by atoms with Crippen molar-refractivity contribution in [2.24, 2.45) is 5.92 Å². The van der Waals surface area contributed by atoms with Gasteiger partial charge in [0.2, 0.25) is 0 Å². The number of carbonyl (C=O) groups excluding carboxylic acids is 1. The quantitative estimate of drug-likeness (QED) is 0.336. The molecule has 1 saturated heterocycles. The molecule has 1 aliphatic rings. The van der Waals surface area contributed by atoms with E-state index in [1.807, 2.05) is 25.1 Å². The van der Waals surface area contributed by atoms with Crippen molar-refractivity contribution in [1.82, 2.24) is 0 Å². The molecule has 146 valence electrons. The predicted molar refractivity (Wildman–Crippen MR) is 106 cm³/mol. The Labute approximate surface area is 159 Å². The topological polar surface area (TPSA) is 35.5 Å². The average molecular weight is 361 g/mol. The molecule has 0 bridgehead atoms. The number of esters is 1. The first kappa shape index (κ1) is 21.0. The molecule has 0 aromatic heterocycles. The van der Waals surface area contributed by atoms with Crippen LogP contribution in [0.25, 0.3) is 0 Å². The van der Waals surface area contributed by atoms with Crippen LogP contribution < -0.4 is 0 Å². The Kier molecular flexibility index (Phi) is 9.17. The zero-order valence-corrected chi connectivity index (χ0v) is 16.7. The minimum atomic E-state index is -0.415. The van der Waals surface area contributed by atoms with Crippen LogP contribution in [0.4, 0.5) is 0 Å². The maximum Gasteiger partial charge on any atom is 0.309 e. The number of carbonyl (C=O) groups is 1. The molecule has 1 heterocycles. The van der Waals surface area contributed by atoms with Crippen LogP contribution in [0.15, 0.2) is 30.3 Å². The average Bonchev–Trinajstić information content (AvgIpc) is 2.65. The van der Waals surface area contributed by atoms with Crippen LogP contribution in [0.3, 0.4) is 0 Å². The maximum atomic E-state index is 12.2. The van der Waals surface area contributed by atoms with Gasteiger partial charge in [-0.05, 0) is 31.2 Å². The Morgan fingerprint density at radius 2 is 1.77 bits per heavy atom. The third kappa shape index (κ3) is 7.11. The van der Waals surface area contributed by atoms with Gasteiger partial charge in [0.15, 0.2) is 0 Å². The van der Waals surface area contributed by atoms with Crippen molar-refractivity contribution in [3.05, 3.63) is 35.9 Å². The molecule has 0 spiro atoms. The molecule has 0 aliphatic carbocycles. The molecule has 1 fully saturated rings. The lowest BCUT2D eigenvalue weighted by atomic mass is 9.85. The fraction of sp³-hybridized carbons (Fsp3) is 0.696. The first-order valence-corrected chi connectivity index (χ1v) is 10.5. The fourth-order valence-corrected chi connectivity index (χ4v) is 3.65. The van der Waals surface area contributed by atoms with Crippen molar-refractivity contribution in [2.75, 3.05) is 6.61 Å². The van der Waals surface area contributed by atoms with Gasteiger partial charge in [0.25, 0.3) is 0 Å². The number of unbranched alkanes of at least 4 members (excludes halogenated alkanes) is 6. The van der Waals surface area contributed by atoms with E-state index < -0.39 is 5.60 Å². The lowest BCUT2D eigenvalue weighted by Gasteiger charge is -2.38. The molecule has 2 rings (SSSR count). The van der Waals surface area contributed by atoms with E-state index in [-0.39, 0.29) is 11.9 Å². The summed E-state index contributed by atoms with van der Waals surface area (Å²) in [6.45, 7) is 5.30. The highest BCUT2D eigenvalue weighted by molar-refractivity contribution is 5.73. The first-order valence-electron chi connectivity index (χ1n) is 10.5. The van der Waals surface area contributed by atoms with Crippen molar-refractivity contribution < 1.29 is 14.3 Å². The molecule has 1 aromatic rings. The van der Waals surface area contributed by atoms with Crippen LogP contribution in [0.2, 0.25) is 0 Å². The maximum absolute atomic E-state index is 12.2. The summed E-state index contributed by atoms with van der Waals surface area (Å²) in [5, 5.41) is 0. The molecule has 0 amide bonds. The normalized spacial score (nSPS) is 23.0. The SMILES string of the molecule is CCCCCCCCC[C@@]1(COCc2ccccc2)CCC(C)C(=O)O1. The van der Waals surface area contributed by atoms with Gasteiger partial charge >= 0.3 is 5.97 Å². The van der Waals surface area contributed by atoms with E-state index in [0.29, 0.717) is 13.2 Å². The van der Waals surface area contributed by atoms with E-state index >= 15 is 0 Å². The van der Waals surface area contributed by atoms with Crippen molar-refractivity contribution in [2.45, 2.75) is 90.3 Å². The number of benzene rings is 1. The minimum Gasteiger partial charge on any atom is -0.456 e. The van der Waals surface area contributed by atoms with E-state index in [9.17, 15) is 4.79 Å². The van der Waals surface area contributed by atoms with E-state index in [1.165, 1.54) is 38.5 Å². The van der Waals surface area contributed by atoms with Gasteiger partial charge in [-0.3, -0.25) is 4.79 Å². The monoisotopic (exact) mass is 360 g/mol. The van der Waals surface area contributed by atoms with Crippen LogP contribution >= 0.6 is 0 Å². The van der Waals surface area contributed by atoms with Crippen LogP contribution in [0.5, 0.6) is 0 Å². The Hall–Kier alpha value is -1.35. The van der Waals surface area contributed by atoms with Gasteiger partial charge < -0.3 is 9.47 Å². The van der Waals surface area contributed by atoms with Gasteiger partial charge in [0.05, 0.1) is 19.1 Å². The van der Waals surface area contributed by atoms with Crippen LogP contribution in [-0.2, 0) is 20.9 Å². The molecule has 1 unspecified atom stereocenters. The highest BCUT2D eigenvalue weighted by atomic mass is 16.6. The molecule has 1 aliphatic heterocycles. The second kappa shape index (κ2) is 11.4. The predicted octanol–water partition coefficient (Wildman–Crippen LogP) is 6.06. The minimum absolute atomic E-state index is 0.0197. The second-order valence-electron chi connectivity index (χ2n) is 7.89. The lowest BCUT2D eigenvalue weighted by Crippen LogP contribution is -2.45. The molecule has 2 atom stereocenters. The van der Waals surface area contributed by atoms with Gasteiger partial charge in [-0.2, -0.15) is 0 Å². The third-order valence-electron chi connectivity index (χ3n) is 5.47. The molecule has 26 heavy (non-hydrogen) atoms. The zero-order chi connectivity index (χ0) is 18.7. The smallest absolute Gasteiger partial charge is 0.309 e. The van der Waals surface area contributed by atoms with Crippen LogP contribution in [-0.4, -0.2) is 18.2 Å². The van der Waals surface area contributed by atoms with Crippen molar-refractivity contribution in [3.8, 4) is 0 Å². The fourth-order valence-electron chi connectivity index (χ4n) is 3.65. The summed E-state index contributed by atoms with van der Waals surface area (Å²) < 4.78 is 11.9. The highest BCUT2D eigenvalue weighted by Gasteiger charge is 2.40. The summed E-state index contributed by atoms with van der Waals surface area (Å²) in [6, 6.07) is 10.2. The van der Waals surface area contributed by atoms with Crippen LogP contribution in [0.1, 0.15) is 83.6 Å². The van der Waals surface area contributed by atoms with Crippen molar-refractivity contribution >= 4 is 5.97 Å². The summed E-state index contributed by atoms with van der Waals surface area (Å²) in [6.07, 6.45) is 11.7. The van der Waals surface area contributed by atoms with Crippen molar-refractivity contribution in [1.29, 1.82) is 0 Å². The Morgan fingerprint density at radius 1 is 1.08 bits per heavy atom. The summed E-state index contributed by atoms with van der Waals surface area (Å²) >= 11 is 0. The van der Waals surface area contributed by atoms with Gasteiger partial charge in [-0.15, -0.1) is 0 Å². The van der Waals surface area contributed by atoms with Gasteiger partial charge in [-0.25, -0.2) is 0 Å². The number of cyclic esters (lactones) is 1. The molecule has 0 N–H and O–H groups in total. The molecular weight excluding hydrogens is 324 g/mol. The Bertz CT molecular complexity index is 513. The van der Waals surface area contributed by atoms with Gasteiger partial charge in [0.1, 0.15) is 5.60 Å². The number of hydrogen-bond acceptors (Lipinski definition) is 3. The third-order valence-corrected chi connectivity index (χ3v) is 5.47. The molecule has 3 nitrogen and oxygen atoms in total. The molecule has 1 aromatic carbocycles. The molecular formula is C23H36O3. The van der Waals surface area contributed by atoms with E-state index in [2.05, 4.69) is 19.1 Å². The van der Waals surface area contributed by atoms with E-state index in [1.54, 1.807) is 0 Å². The number of ether oxygens (including phenoxy) is 2. The standard InChI is InChI=1S/C23H36O3/c1-3-4-5-6-7-8-12-16-23(17-15-20(2)22(24)26-23)19-25-18-21-13-10-9-11-14-21/h9-11,13-14,20H,3-8,12,15-19H2,1-2H3/t20?,23-/m0/s1. The van der Waals surface area contributed by atoms with Crippen LogP contribution in [0, 0.1) is 5.92 Å². The second-order valence-corrected chi connectivity index (χ2v) is 7.89. The molecule has 0 radical (unpaired) electrons. The first-order chi connectivity index (χ1) is 12.7. The van der Waals surface area contributed by atoms with E-state index in [0.717, 1.165) is 31.2 Å². The summed E-state index contributed by atoms with van der Waals surface area (Å²) in [4.78, 5) is 12.2. The van der Waals surface area contributed by atoms with Gasteiger partial charge in [-0.1, -0.05) is 82.7 Å². The van der Waals surface area contributed by atoms with E-state index in [4.69, 9.17) is 9.47 Å². The highest BCUT2D eigenvalue weighted by Crippen LogP contribution is 2.34. The van der Waals surface area contributed by atoms with Crippen molar-refractivity contribution in [3.63, 3.8) is 0 Å². The Morgan fingerprint density at radius 3 is 2.46 bits per heavy atom. The Balaban J connectivity index is 1.79. The largest absolute Gasteiger partial charge is 0.456 e. The summed E-state index contributed by atoms with van der Waals surface area (Å²) in [7, 11) is 0. The number of rotatable bonds is 12. The molecule has 0 saturated carbocycles.